The van der Waals surface area contributed by atoms with Gasteiger partial charge in [-0.25, -0.2) is 4.79 Å². The topological polar surface area (TPSA) is 39.4 Å². The summed E-state index contributed by atoms with van der Waals surface area (Å²) >= 11 is 0. The average Bonchev–Trinajstić information content (AvgIpc) is 2.33. The van der Waals surface area contributed by atoms with Gasteiger partial charge in [-0.05, 0) is 19.4 Å². The summed E-state index contributed by atoms with van der Waals surface area (Å²) in [5, 5.41) is 0. The van der Waals surface area contributed by atoms with Crippen molar-refractivity contribution in [1.29, 1.82) is 0 Å². The zero-order chi connectivity index (χ0) is 12.3. The van der Waals surface area contributed by atoms with Crippen LogP contribution in [0.25, 0.3) is 0 Å². The van der Waals surface area contributed by atoms with Gasteiger partial charge < -0.3 is 9.15 Å². The molecule has 0 aliphatic rings. The molecule has 17 heavy (non-hydrogen) atoms. The quantitative estimate of drug-likeness (QED) is 0.813. The molecule has 88 valence electrons. The molecule has 3 heteroatoms. The van der Waals surface area contributed by atoms with Gasteiger partial charge in [0.2, 0.25) is 0 Å². The molecule has 2 rings (SSSR count). The number of rotatable bonds is 3. The number of hydrogen-bond donors (Lipinski definition) is 0. The third-order valence-corrected chi connectivity index (χ3v) is 2.64. The van der Waals surface area contributed by atoms with Gasteiger partial charge in [0.05, 0.1) is 6.07 Å². The van der Waals surface area contributed by atoms with E-state index in [1.54, 1.807) is 6.92 Å². The van der Waals surface area contributed by atoms with Crippen LogP contribution in [0, 0.1) is 13.8 Å². The summed E-state index contributed by atoms with van der Waals surface area (Å²) < 4.78 is 10.6. The Bertz CT molecular complexity index is 555. The first-order chi connectivity index (χ1) is 8.16. The molecule has 0 saturated heterocycles. The molecule has 0 unspecified atom stereocenters. The Labute approximate surface area is 99.7 Å². The molecule has 0 N–H and O–H groups in total. The van der Waals surface area contributed by atoms with Gasteiger partial charge in [-0.1, -0.05) is 30.3 Å². The van der Waals surface area contributed by atoms with Gasteiger partial charge in [0.15, 0.2) is 0 Å². The van der Waals surface area contributed by atoms with Crippen LogP contribution in [0.1, 0.15) is 16.9 Å². The second-order valence-corrected chi connectivity index (χ2v) is 3.89. The van der Waals surface area contributed by atoms with Crippen molar-refractivity contribution in [2.45, 2.75) is 20.5 Å². The summed E-state index contributed by atoms with van der Waals surface area (Å²) in [6, 6.07) is 11.2. The van der Waals surface area contributed by atoms with E-state index >= 15 is 0 Å². The maximum absolute atomic E-state index is 11.2. The van der Waals surface area contributed by atoms with Gasteiger partial charge >= 0.3 is 5.63 Å². The molecule has 0 radical (unpaired) electrons. The largest absolute Gasteiger partial charge is 0.488 e. The summed E-state index contributed by atoms with van der Waals surface area (Å²) in [5.41, 5.74) is 1.55. The minimum atomic E-state index is -0.379. The SMILES string of the molecule is Cc1oc(=O)cc(OCc2ccccc2)c1C. The molecule has 0 atom stereocenters. The minimum absolute atomic E-state index is 0.379. The van der Waals surface area contributed by atoms with E-state index < -0.39 is 0 Å². The van der Waals surface area contributed by atoms with Crippen molar-refractivity contribution in [2.75, 3.05) is 0 Å². The van der Waals surface area contributed by atoms with Crippen molar-refractivity contribution in [3.05, 3.63) is 63.7 Å². The first-order valence-corrected chi connectivity index (χ1v) is 5.45. The van der Waals surface area contributed by atoms with Crippen LogP contribution in [0.2, 0.25) is 0 Å². The molecule has 0 saturated carbocycles. The Morgan fingerprint density at radius 3 is 2.59 bits per heavy atom. The Kier molecular flexibility index (Phi) is 3.28. The van der Waals surface area contributed by atoms with Crippen molar-refractivity contribution in [3.8, 4) is 5.75 Å². The lowest BCUT2D eigenvalue weighted by Gasteiger charge is -2.09. The van der Waals surface area contributed by atoms with E-state index in [-0.39, 0.29) is 5.63 Å². The lowest BCUT2D eigenvalue weighted by atomic mass is 10.2. The predicted molar refractivity (Wildman–Crippen MR) is 65.2 cm³/mol. The summed E-state index contributed by atoms with van der Waals surface area (Å²) in [5.74, 6) is 1.18. The van der Waals surface area contributed by atoms with Crippen molar-refractivity contribution >= 4 is 0 Å². The Balaban J connectivity index is 2.17. The number of benzene rings is 1. The van der Waals surface area contributed by atoms with Crippen molar-refractivity contribution in [2.24, 2.45) is 0 Å². The van der Waals surface area contributed by atoms with E-state index in [2.05, 4.69) is 0 Å². The van der Waals surface area contributed by atoms with Gasteiger partial charge in [-0.2, -0.15) is 0 Å². The van der Waals surface area contributed by atoms with Crippen molar-refractivity contribution < 1.29 is 9.15 Å². The Morgan fingerprint density at radius 2 is 1.88 bits per heavy atom. The van der Waals surface area contributed by atoms with E-state index in [4.69, 9.17) is 9.15 Å². The molecule has 0 aliphatic carbocycles. The van der Waals surface area contributed by atoms with Crippen LogP contribution < -0.4 is 10.4 Å². The van der Waals surface area contributed by atoms with E-state index in [1.807, 2.05) is 37.3 Å². The molecule has 3 nitrogen and oxygen atoms in total. The number of hydrogen-bond acceptors (Lipinski definition) is 3. The highest BCUT2D eigenvalue weighted by Gasteiger charge is 2.06. The third kappa shape index (κ3) is 2.75. The normalized spacial score (nSPS) is 10.2. The Hall–Kier alpha value is -2.03. The molecule has 0 amide bonds. The fourth-order valence-corrected chi connectivity index (χ4v) is 1.53. The highest BCUT2D eigenvalue weighted by molar-refractivity contribution is 5.32. The van der Waals surface area contributed by atoms with Crippen LogP contribution in [0.4, 0.5) is 0 Å². The first kappa shape index (κ1) is 11.5. The second-order valence-electron chi connectivity index (χ2n) is 3.89. The molecule has 0 bridgehead atoms. The van der Waals surface area contributed by atoms with Crippen LogP contribution in [-0.4, -0.2) is 0 Å². The molecular formula is C14H14O3. The zero-order valence-corrected chi connectivity index (χ0v) is 9.90. The maximum Gasteiger partial charge on any atom is 0.339 e. The van der Waals surface area contributed by atoms with Crippen molar-refractivity contribution in [3.63, 3.8) is 0 Å². The standard InChI is InChI=1S/C14H14O3/c1-10-11(2)17-14(15)8-13(10)16-9-12-6-4-3-5-7-12/h3-8H,9H2,1-2H3. The molecule has 0 aliphatic heterocycles. The summed E-state index contributed by atoms with van der Waals surface area (Å²) in [7, 11) is 0. The zero-order valence-electron chi connectivity index (χ0n) is 9.90. The summed E-state index contributed by atoms with van der Waals surface area (Å²) in [6.07, 6.45) is 0. The van der Waals surface area contributed by atoms with E-state index in [0.717, 1.165) is 11.1 Å². The molecule has 1 aromatic heterocycles. The summed E-state index contributed by atoms with van der Waals surface area (Å²) in [4.78, 5) is 11.2. The first-order valence-electron chi connectivity index (χ1n) is 5.45. The maximum atomic E-state index is 11.2. The monoisotopic (exact) mass is 230 g/mol. The van der Waals surface area contributed by atoms with Crippen molar-refractivity contribution in [1.82, 2.24) is 0 Å². The van der Waals surface area contributed by atoms with Crippen LogP contribution in [0.5, 0.6) is 5.75 Å². The van der Waals surface area contributed by atoms with E-state index in [1.165, 1.54) is 6.07 Å². The van der Waals surface area contributed by atoms with E-state index in [9.17, 15) is 4.79 Å². The van der Waals surface area contributed by atoms with Crippen LogP contribution in [0.3, 0.4) is 0 Å². The predicted octanol–water partition coefficient (Wildman–Crippen LogP) is 2.84. The smallest absolute Gasteiger partial charge is 0.339 e. The summed E-state index contributed by atoms with van der Waals surface area (Å²) in [6.45, 7) is 4.08. The fraction of sp³-hybridized carbons (Fsp3) is 0.214. The molecule has 0 spiro atoms. The highest BCUT2D eigenvalue weighted by Crippen LogP contribution is 2.19. The lowest BCUT2D eigenvalue weighted by Crippen LogP contribution is -2.04. The van der Waals surface area contributed by atoms with Gasteiger partial charge in [-0.15, -0.1) is 0 Å². The molecule has 1 aromatic carbocycles. The third-order valence-electron chi connectivity index (χ3n) is 2.64. The molecule has 2 aromatic rings. The van der Waals surface area contributed by atoms with Crippen LogP contribution in [0.15, 0.2) is 45.6 Å². The second kappa shape index (κ2) is 4.87. The number of ether oxygens (including phenoxy) is 1. The highest BCUT2D eigenvalue weighted by atomic mass is 16.5. The van der Waals surface area contributed by atoms with Gasteiger partial charge in [0.25, 0.3) is 0 Å². The van der Waals surface area contributed by atoms with Crippen LogP contribution in [-0.2, 0) is 6.61 Å². The average molecular weight is 230 g/mol. The molecule has 1 heterocycles. The lowest BCUT2D eigenvalue weighted by molar-refractivity contribution is 0.297. The van der Waals surface area contributed by atoms with Gasteiger partial charge in [0.1, 0.15) is 18.1 Å². The number of aryl methyl sites for hydroxylation is 1. The minimum Gasteiger partial charge on any atom is -0.488 e. The van der Waals surface area contributed by atoms with Gasteiger partial charge in [-0.3, -0.25) is 0 Å². The molecule has 0 fully saturated rings. The molecular weight excluding hydrogens is 216 g/mol. The van der Waals surface area contributed by atoms with Crippen LogP contribution >= 0.6 is 0 Å². The fourth-order valence-electron chi connectivity index (χ4n) is 1.53. The van der Waals surface area contributed by atoms with Gasteiger partial charge in [0, 0.05) is 5.56 Å². The Morgan fingerprint density at radius 1 is 1.18 bits per heavy atom. The van der Waals surface area contributed by atoms with E-state index in [0.29, 0.717) is 18.1 Å².